The number of carbonyl (C=O) groups excluding carboxylic acids is 1. The monoisotopic (exact) mass is 228 g/mol. The topological polar surface area (TPSA) is 83.8 Å². The zero-order chi connectivity index (χ0) is 12.3. The van der Waals surface area contributed by atoms with Crippen molar-refractivity contribution in [2.24, 2.45) is 0 Å². The molecule has 86 valence electrons. The van der Waals surface area contributed by atoms with Crippen LogP contribution in [0, 0.1) is 5.82 Å². The minimum Gasteiger partial charge on any atom is -0.494 e. The van der Waals surface area contributed by atoms with E-state index in [1.165, 1.54) is 7.11 Å². The molecule has 0 radical (unpaired) electrons. The number of rotatable bonds is 4. The molecule has 0 spiro atoms. The molecule has 16 heavy (non-hydrogen) atoms. The van der Waals surface area contributed by atoms with E-state index in [0.29, 0.717) is 0 Å². The molecule has 1 rings (SSSR count). The van der Waals surface area contributed by atoms with E-state index >= 15 is 0 Å². The van der Waals surface area contributed by atoms with Crippen LogP contribution in [-0.4, -0.2) is 29.6 Å². The molecule has 1 unspecified atom stereocenters. The lowest BCUT2D eigenvalue weighted by Crippen LogP contribution is -2.14. The average Bonchev–Trinajstić information content (AvgIpc) is 2.27. The van der Waals surface area contributed by atoms with Crippen LogP contribution >= 0.6 is 0 Å². The number of hydrogen-bond donors (Lipinski definition) is 2. The maximum atomic E-state index is 13.5. The molecule has 0 fully saturated rings. The van der Waals surface area contributed by atoms with E-state index in [2.05, 4.69) is 4.74 Å². The summed E-state index contributed by atoms with van der Waals surface area (Å²) in [5, 5.41) is 17.8. The Kier molecular flexibility index (Phi) is 3.57. The molecule has 0 aliphatic heterocycles. The summed E-state index contributed by atoms with van der Waals surface area (Å²) in [5.41, 5.74) is -0.824. The molecular formula is C10H9FO5. The van der Waals surface area contributed by atoms with Crippen LogP contribution in [0.25, 0.3) is 0 Å². The van der Waals surface area contributed by atoms with Crippen LogP contribution in [-0.2, 0) is 4.79 Å². The number of halogens is 1. The molecule has 5 nitrogen and oxygen atoms in total. The fraction of sp³-hybridized carbons (Fsp3) is 0.200. The maximum absolute atomic E-state index is 13.5. The zero-order valence-corrected chi connectivity index (χ0v) is 8.31. The van der Waals surface area contributed by atoms with Gasteiger partial charge >= 0.3 is 5.97 Å². The SMILES string of the molecule is COc1ccc(C(O)C(=O)O)c(C=O)c1F. The summed E-state index contributed by atoms with van der Waals surface area (Å²) in [4.78, 5) is 21.2. The van der Waals surface area contributed by atoms with Crippen LogP contribution in [0.4, 0.5) is 4.39 Å². The van der Waals surface area contributed by atoms with E-state index in [9.17, 15) is 19.1 Å². The molecule has 0 aliphatic carbocycles. The first kappa shape index (κ1) is 12.1. The van der Waals surface area contributed by atoms with Crippen molar-refractivity contribution in [1.29, 1.82) is 0 Å². The third-order valence-corrected chi connectivity index (χ3v) is 2.04. The Morgan fingerprint density at radius 1 is 1.56 bits per heavy atom. The minimum absolute atomic E-state index is 0.138. The van der Waals surface area contributed by atoms with E-state index in [4.69, 9.17) is 5.11 Å². The molecule has 6 heteroatoms. The van der Waals surface area contributed by atoms with E-state index < -0.39 is 23.5 Å². The van der Waals surface area contributed by atoms with Crippen molar-refractivity contribution < 1.29 is 28.9 Å². The second-order valence-electron chi connectivity index (χ2n) is 2.94. The molecule has 2 N–H and O–H groups in total. The number of carbonyl (C=O) groups is 2. The largest absolute Gasteiger partial charge is 0.494 e. The molecule has 0 aliphatic rings. The van der Waals surface area contributed by atoms with E-state index in [-0.39, 0.29) is 17.6 Å². The highest BCUT2D eigenvalue weighted by molar-refractivity contribution is 5.84. The van der Waals surface area contributed by atoms with Gasteiger partial charge in [0, 0.05) is 5.56 Å². The number of aldehydes is 1. The number of hydrogen-bond acceptors (Lipinski definition) is 4. The first-order valence-corrected chi connectivity index (χ1v) is 4.25. The second kappa shape index (κ2) is 4.71. The van der Waals surface area contributed by atoms with Gasteiger partial charge in [-0.1, -0.05) is 6.07 Å². The van der Waals surface area contributed by atoms with Crippen molar-refractivity contribution in [1.82, 2.24) is 0 Å². The summed E-state index contributed by atoms with van der Waals surface area (Å²) in [6, 6.07) is 2.27. The number of ether oxygens (including phenoxy) is 1. The van der Waals surface area contributed by atoms with Crippen LogP contribution < -0.4 is 4.74 Å². The molecule has 0 saturated heterocycles. The molecule has 0 heterocycles. The molecule has 1 aromatic rings. The maximum Gasteiger partial charge on any atom is 0.337 e. The Labute approximate surface area is 90.1 Å². The van der Waals surface area contributed by atoms with Gasteiger partial charge in [0.25, 0.3) is 0 Å². The van der Waals surface area contributed by atoms with Crippen molar-refractivity contribution in [3.05, 3.63) is 29.1 Å². The van der Waals surface area contributed by atoms with Gasteiger partial charge in [-0.05, 0) is 6.07 Å². The highest BCUT2D eigenvalue weighted by atomic mass is 19.1. The second-order valence-corrected chi connectivity index (χ2v) is 2.94. The van der Waals surface area contributed by atoms with Gasteiger partial charge < -0.3 is 14.9 Å². The molecule has 1 atom stereocenters. The first-order valence-electron chi connectivity index (χ1n) is 4.25. The zero-order valence-electron chi connectivity index (χ0n) is 8.31. The van der Waals surface area contributed by atoms with Crippen LogP contribution in [0.2, 0.25) is 0 Å². The Morgan fingerprint density at radius 2 is 2.19 bits per heavy atom. The van der Waals surface area contributed by atoms with Gasteiger partial charge in [0.2, 0.25) is 0 Å². The summed E-state index contributed by atoms with van der Waals surface area (Å²) < 4.78 is 18.1. The van der Waals surface area contributed by atoms with Crippen molar-refractivity contribution in [3.8, 4) is 5.75 Å². The van der Waals surface area contributed by atoms with Crippen LogP contribution in [0.5, 0.6) is 5.75 Å². The smallest absolute Gasteiger partial charge is 0.337 e. The lowest BCUT2D eigenvalue weighted by atomic mass is 10.0. The van der Waals surface area contributed by atoms with E-state index in [1.54, 1.807) is 0 Å². The third-order valence-electron chi connectivity index (χ3n) is 2.04. The molecular weight excluding hydrogens is 219 g/mol. The molecule has 0 bridgehead atoms. The van der Waals surface area contributed by atoms with Gasteiger partial charge in [0.15, 0.2) is 24.0 Å². The van der Waals surface area contributed by atoms with Gasteiger partial charge in [-0.3, -0.25) is 4.79 Å². The number of aliphatic hydroxyl groups excluding tert-OH is 1. The van der Waals surface area contributed by atoms with Crippen molar-refractivity contribution in [2.45, 2.75) is 6.10 Å². The predicted molar refractivity (Wildman–Crippen MR) is 50.9 cm³/mol. The van der Waals surface area contributed by atoms with Gasteiger partial charge in [-0.15, -0.1) is 0 Å². The number of aliphatic carboxylic acids is 1. The standard InChI is InChI=1S/C10H9FO5/c1-16-7-3-2-5(9(13)10(14)15)6(4-12)8(7)11/h2-4,9,13H,1H3,(H,14,15). The Morgan fingerprint density at radius 3 is 2.62 bits per heavy atom. The van der Waals surface area contributed by atoms with Gasteiger partial charge in [-0.2, -0.15) is 0 Å². The average molecular weight is 228 g/mol. The quantitative estimate of drug-likeness (QED) is 0.743. The van der Waals surface area contributed by atoms with Crippen LogP contribution in [0.15, 0.2) is 12.1 Å². The van der Waals surface area contributed by atoms with E-state index in [0.717, 1.165) is 12.1 Å². The Bertz CT molecular complexity index is 429. The van der Waals surface area contributed by atoms with Crippen LogP contribution in [0.3, 0.4) is 0 Å². The minimum atomic E-state index is -1.94. The molecule has 0 aromatic heterocycles. The van der Waals surface area contributed by atoms with E-state index in [1.807, 2.05) is 0 Å². The Balaban J connectivity index is 3.36. The Hall–Kier alpha value is -1.95. The number of carboxylic acid groups (broad SMARTS) is 1. The summed E-state index contributed by atoms with van der Waals surface area (Å²) in [6.45, 7) is 0. The highest BCUT2D eigenvalue weighted by Gasteiger charge is 2.23. The first-order chi connectivity index (χ1) is 7.52. The van der Waals surface area contributed by atoms with Crippen molar-refractivity contribution in [3.63, 3.8) is 0 Å². The summed E-state index contributed by atoms with van der Waals surface area (Å²) in [7, 11) is 1.21. The summed E-state index contributed by atoms with van der Waals surface area (Å²) in [5.74, 6) is -2.74. The van der Waals surface area contributed by atoms with Gasteiger partial charge in [-0.25, -0.2) is 9.18 Å². The third kappa shape index (κ3) is 2.01. The van der Waals surface area contributed by atoms with Gasteiger partial charge in [0.1, 0.15) is 0 Å². The lowest BCUT2D eigenvalue weighted by Gasteiger charge is -2.11. The fourth-order valence-electron chi connectivity index (χ4n) is 1.24. The fourth-order valence-corrected chi connectivity index (χ4v) is 1.24. The summed E-state index contributed by atoms with van der Waals surface area (Å²) >= 11 is 0. The van der Waals surface area contributed by atoms with Crippen molar-refractivity contribution >= 4 is 12.3 Å². The number of methoxy groups -OCH3 is 1. The number of aliphatic hydroxyl groups is 1. The van der Waals surface area contributed by atoms with Gasteiger partial charge in [0.05, 0.1) is 12.7 Å². The number of carboxylic acids is 1. The molecule has 1 aromatic carbocycles. The molecule has 0 amide bonds. The number of benzene rings is 1. The lowest BCUT2D eigenvalue weighted by molar-refractivity contribution is -0.146. The van der Waals surface area contributed by atoms with Crippen LogP contribution in [0.1, 0.15) is 22.0 Å². The highest BCUT2D eigenvalue weighted by Crippen LogP contribution is 2.26. The predicted octanol–water partition coefficient (Wildman–Crippen LogP) is 0.765. The van der Waals surface area contributed by atoms with Crippen molar-refractivity contribution in [2.75, 3.05) is 7.11 Å². The molecule has 0 saturated carbocycles. The normalized spacial score (nSPS) is 11.9. The summed E-state index contributed by atoms with van der Waals surface area (Å²) in [6.07, 6.45) is -1.81.